The summed E-state index contributed by atoms with van der Waals surface area (Å²) < 4.78 is 0. The van der Waals surface area contributed by atoms with Crippen LogP contribution in [0.4, 0.5) is 0 Å². The fourth-order valence-corrected chi connectivity index (χ4v) is 3.00. The van der Waals surface area contributed by atoms with Gasteiger partial charge in [0.1, 0.15) is 0 Å². The van der Waals surface area contributed by atoms with E-state index in [1.54, 1.807) is 11.8 Å². The highest BCUT2D eigenvalue weighted by atomic mass is 35.5. The van der Waals surface area contributed by atoms with Gasteiger partial charge in [-0.3, -0.25) is 0 Å². The summed E-state index contributed by atoms with van der Waals surface area (Å²) in [7, 11) is 1.93. The maximum absolute atomic E-state index is 6.27. The van der Waals surface area contributed by atoms with Crippen LogP contribution in [0.15, 0.2) is 52.3 Å². The highest BCUT2D eigenvalue weighted by Crippen LogP contribution is 2.36. The van der Waals surface area contributed by atoms with Crippen molar-refractivity contribution in [1.82, 2.24) is 5.32 Å². The van der Waals surface area contributed by atoms with Crippen LogP contribution in [0.25, 0.3) is 0 Å². The Hall–Kier alpha value is -0.670. The lowest BCUT2D eigenvalue weighted by Gasteiger charge is -2.10. The van der Waals surface area contributed by atoms with Crippen molar-refractivity contribution in [3.63, 3.8) is 0 Å². The fourth-order valence-electron chi connectivity index (χ4n) is 1.62. The molecule has 0 aliphatic carbocycles. The van der Waals surface area contributed by atoms with Crippen LogP contribution < -0.4 is 5.32 Å². The lowest BCUT2D eigenvalue weighted by molar-refractivity contribution is 0.803. The second-order valence-electron chi connectivity index (χ2n) is 3.81. The molecule has 0 atom stereocenters. The molecule has 4 heteroatoms. The van der Waals surface area contributed by atoms with Crippen LogP contribution in [-0.2, 0) is 6.54 Å². The van der Waals surface area contributed by atoms with Crippen molar-refractivity contribution in [1.29, 1.82) is 0 Å². The predicted molar refractivity (Wildman–Crippen MR) is 79.8 cm³/mol. The Morgan fingerprint density at radius 1 is 1.06 bits per heavy atom. The van der Waals surface area contributed by atoms with E-state index < -0.39 is 0 Å². The summed E-state index contributed by atoms with van der Waals surface area (Å²) in [6.07, 6.45) is 0. The topological polar surface area (TPSA) is 12.0 Å². The Balaban J connectivity index is 2.30. The molecule has 0 aliphatic rings. The van der Waals surface area contributed by atoms with Crippen molar-refractivity contribution >= 4 is 35.0 Å². The number of halogens is 2. The van der Waals surface area contributed by atoms with E-state index in [1.165, 1.54) is 5.56 Å². The Labute approximate surface area is 121 Å². The van der Waals surface area contributed by atoms with E-state index >= 15 is 0 Å². The fraction of sp³-hybridized carbons (Fsp3) is 0.143. The molecule has 2 aromatic carbocycles. The van der Waals surface area contributed by atoms with Gasteiger partial charge in [0.15, 0.2) is 0 Å². The van der Waals surface area contributed by atoms with Gasteiger partial charge < -0.3 is 5.32 Å². The molecule has 0 spiro atoms. The molecular formula is C14H13Cl2NS. The first-order chi connectivity index (χ1) is 8.70. The molecule has 0 bridgehead atoms. The smallest absolute Gasteiger partial charge is 0.0548 e. The molecule has 0 amide bonds. The Morgan fingerprint density at radius 3 is 2.44 bits per heavy atom. The SMILES string of the molecule is CNCc1cccc(Cl)c1Sc1ccc(Cl)cc1. The van der Waals surface area contributed by atoms with Crippen LogP contribution in [0.1, 0.15) is 5.56 Å². The molecule has 0 radical (unpaired) electrons. The van der Waals surface area contributed by atoms with E-state index in [2.05, 4.69) is 11.4 Å². The summed E-state index contributed by atoms with van der Waals surface area (Å²) in [4.78, 5) is 2.22. The van der Waals surface area contributed by atoms with Gasteiger partial charge in [-0.25, -0.2) is 0 Å². The molecular weight excluding hydrogens is 285 g/mol. The zero-order valence-corrected chi connectivity index (χ0v) is 12.2. The third kappa shape index (κ3) is 3.42. The summed E-state index contributed by atoms with van der Waals surface area (Å²) in [5.41, 5.74) is 1.20. The van der Waals surface area contributed by atoms with Crippen molar-refractivity contribution < 1.29 is 0 Å². The van der Waals surface area contributed by atoms with Gasteiger partial charge in [-0.2, -0.15) is 0 Å². The predicted octanol–water partition coefficient (Wildman–Crippen LogP) is 4.86. The van der Waals surface area contributed by atoms with Crippen LogP contribution in [0.2, 0.25) is 10.0 Å². The highest BCUT2D eigenvalue weighted by Gasteiger charge is 2.08. The third-order valence-corrected chi connectivity index (χ3v) is 4.32. The molecule has 0 fully saturated rings. The summed E-state index contributed by atoms with van der Waals surface area (Å²) >= 11 is 13.8. The summed E-state index contributed by atoms with van der Waals surface area (Å²) in [5, 5.41) is 4.68. The first kappa shape index (κ1) is 13.8. The molecule has 1 nitrogen and oxygen atoms in total. The zero-order valence-electron chi connectivity index (χ0n) is 9.91. The molecule has 18 heavy (non-hydrogen) atoms. The first-order valence-electron chi connectivity index (χ1n) is 5.56. The number of hydrogen-bond acceptors (Lipinski definition) is 2. The minimum Gasteiger partial charge on any atom is -0.316 e. The second kappa shape index (κ2) is 6.48. The van der Waals surface area contributed by atoms with Gasteiger partial charge in [-0.1, -0.05) is 47.1 Å². The summed E-state index contributed by atoms with van der Waals surface area (Å²) in [5.74, 6) is 0. The van der Waals surface area contributed by atoms with Gasteiger partial charge in [0.05, 0.1) is 5.02 Å². The van der Waals surface area contributed by atoms with Crippen molar-refractivity contribution in [3.8, 4) is 0 Å². The van der Waals surface area contributed by atoms with Gasteiger partial charge in [0.25, 0.3) is 0 Å². The molecule has 0 aliphatic heterocycles. The zero-order chi connectivity index (χ0) is 13.0. The van der Waals surface area contributed by atoms with Crippen LogP contribution in [0.5, 0.6) is 0 Å². The van der Waals surface area contributed by atoms with E-state index in [0.717, 1.165) is 26.4 Å². The second-order valence-corrected chi connectivity index (χ2v) is 5.74. The standard InChI is InChI=1S/C14H13Cl2NS/c1-17-9-10-3-2-4-13(16)14(10)18-12-7-5-11(15)6-8-12/h2-8,17H,9H2,1H3. The monoisotopic (exact) mass is 297 g/mol. The quantitative estimate of drug-likeness (QED) is 0.864. The van der Waals surface area contributed by atoms with Gasteiger partial charge in [0, 0.05) is 21.4 Å². The highest BCUT2D eigenvalue weighted by molar-refractivity contribution is 7.99. The van der Waals surface area contributed by atoms with Crippen LogP contribution in [-0.4, -0.2) is 7.05 Å². The largest absolute Gasteiger partial charge is 0.316 e. The van der Waals surface area contributed by atoms with Crippen LogP contribution in [0, 0.1) is 0 Å². The van der Waals surface area contributed by atoms with Gasteiger partial charge in [0.2, 0.25) is 0 Å². The normalized spacial score (nSPS) is 10.6. The maximum atomic E-state index is 6.27. The molecule has 2 rings (SSSR count). The third-order valence-electron chi connectivity index (χ3n) is 2.45. The maximum Gasteiger partial charge on any atom is 0.0548 e. The minimum absolute atomic E-state index is 0.744. The van der Waals surface area contributed by atoms with Crippen molar-refractivity contribution in [2.75, 3.05) is 7.05 Å². The lowest BCUT2D eigenvalue weighted by Crippen LogP contribution is -2.06. The van der Waals surface area contributed by atoms with Crippen molar-refractivity contribution in [2.45, 2.75) is 16.3 Å². The molecule has 0 saturated carbocycles. The van der Waals surface area contributed by atoms with E-state index in [4.69, 9.17) is 23.2 Å². The van der Waals surface area contributed by atoms with E-state index in [-0.39, 0.29) is 0 Å². The van der Waals surface area contributed by atoms with Gasteiger partial charge in [-0.15, -0.1) is 0 Å². The Bertz CT molecular complexity index is 526. The number of hydrogen-bond donors (Lipinski definition) is 1. The van der Waals surface area contributed by atoms with Crippen molar-refractivity contribution in [2.24, 2.45) is 0 Å². The first-order valence-corrected chi connectivity index (χ1v) is 7.13. The van der Waals surface area contributed by atoms with Gasteiger partial charge in [-0.05, 0) is 42.9 Å². The Kier molecular flexibility index (Phi) is 4.95. The van der Waals surface area contributed by atoms with Crippen molar-refractivity contribution in [3.05, 3.63) is 58.1 Å². The molecule has 0 saturated heterocycles. The summed E-state index contributed by atoms with van der Waals surface area (Å²) in [6, 6.07) is 13.7. The van der Waals surface area contributed by atoms with E-state index in [0.29, 0.717) is 0 Å². The van der Waals surface area contributed by atoms with Crippen LogP contribution >= 0.6 is 35.0 Å². The molecule has 2 aromatic rings. The molecule has 0 aromatic heterocycles. The minimum atomic E-state index is 0.744. The Morgan fingerprint density at radius 2 is 1.78 bits per heavy atom. The number of nitrogens with one attached hydrogen (secondary N) is 1. The van der Waals surface area contributed by atoms with Crippen LogP contribution in [0.3, 0.4) is 0 Å². The molecule has 1 N–H and O–H groups in total. The van der Waals surface area contributed by atoms with E-state index in [1.807, 2.05) is 43.4 Å². The average molecular weight is 298 g/mol. The molecule has 0 unspecified atom stereocenters. The molecule has 94 valence electrons. The number of rotatable bonds is 4. The molecule has 0 heterocycles. The lowest BCUT2D eigenvalue weighted by atomic mass is 10.2. The average Bonchev–Trinajstić information content (AvgIpc) is 2.36. The van der Waals surface area contributed by atoms with Gasteiger partial charge >= 0.3 is 0 Å². The summed E-state index contributed by atoms with van der Waals surface area (Å²) in [6.45, 7) is 0.802. The number of benzene rings is 2. The van der Waals surface area contributed by atoms with E-state index in [9.17, 15) is 0 Å².